The van der Waals surface area contributed by atoms with E-state index in [1.807, 2.05) is 37.4 Å². The van der Waals surface area contributed by atoms with Crippen LogP contribution in [0.4, 0.5) is 0 Å². The highest BCUT2D eigenvalue weighted by Gasteiger charge is 2.38. The molecular weight excluding hydrogens is 332 g/mol. The molecule has 0 radical (unpaired) electrons. The lowest BCUT2D eigenvalue weighted by Gasteiger charge is -2.36. The van der Waals surface area contributed by atoms with Gasteiger partial charge in [0.1, 0.15) is 0 Å². The molecule has 148 valence electrons. The third-order valence-corrected chi connectivity index (χ3v) is 5.49. The number of benzene rings is 1. The van der Waals surface area contributed by atoms with Crippen LogP contribution < -0.4 is 5.32 Å². The number of aryl methyl sites for hydroxylation is 1. The number of hydrogen-bond acceptors (Lipinski definition) is 2. The Kier molecular flexibility index (Phi) is 8.15. The minimum absolute atomic E-state index is 0.189. The first-order chi connectivity index (χ1) is 13.0. The van der Waals surface area contributed by atoms with E-state index in [0.29, 0.717) is 12.1 Å². The Morgan fingerprint density at radius 3 is 2.26 bits per heavy atom. The van der Waals surface area contributed by atoms with E-state index in [-0.39, 0.29) is 5.91 Å². The lowest BCUT2D eigenvalue weighted by Crippen LogP contribution is -2.43. The Morgan fingerprint density at radius 2 is 1.78 bits per heavy atom. The van der Waals surface area contributed by atoms with Crippen LogP contribution >= 0.6 is 0 Å². The molecule has 3 nitrogen and oxygen atoms in total. The number of carbonyl (C=O) groups excluding carboxylic acids is 1. The maximum atomic E-state index is 13.1. The van der Waals surface area contributed by atoms with Crippen molar-refractivity contribution in [2.75, 3.05) is 7.05 Å². The third-order valence-electron chi connectivity index (χ3n) is 5.49. The Labute approximate surface area is 165 Å². The first-order valence-corrected chi connectivity index (χ1v) is 10.5. The van der Waals surface area contributed by atoms with Gasteiger partial charge in [-0.15, -0.1) is 0 Å². The molecule has 3 rings (SSSR count). The fourth-order valence-electron chi connectivity index (χ4n) is 3.51. The first-order valence-electron chi connectivity index (χ1n) is 10.5. The van der Waals surface area contributed by atoms with Gasteiger partial charge in [0, 0.05) is 30.4 Å². The fourth-order valence-corrected chi connectivity index (χ4v) is 3.51. The molecule has 1 N–H and O–H groups in total. The molecule has 2 aliphatic carbocycles. The van der Waals surface area contributed by atoms with E-state index in [0.717, 1.165) is 37.7 Å². The van der Waals surface area contributed by atoms with Crippen molar-refractivity contribution in [1.29, 1.82) is 0 Å². The molecule has 0 saturated heterocycles. The van der Waals surface area contributed by atoms with Gasteiger partial charge in [-0.2, -0.15) is 0 Å². The van der Waals surface area contributed by atoms with Crippen LogP contribution in [0.15, 0.2) is 48.2 Å². The van der Waals surface area contributed by atoms with Crippen LogP contribution in [0.5, 0.6) is 0 Å². The quantitative estimate of drug-likeness (QED) is 0.707. The van der Waals surface area contributed by atoms with E-state index in [1.54, 1.807) is 0 Å². The molecule has 1 aromatic carbocycles. The molecule has 0 spiro atoms. The molecule has 1 aromatic rings. The van der Waals surface area contributed by atoms with Crippen molar-refractivity contribution in [2.24, 2.45) is 0 Å². The maximum Gasteiger partial charge on any atom is 0.254 e. The van der Waals surface area contributed by atoms with Crippen LogP contribution in [0.25, 0.3) is 0 Å². The Balaban J connectivity index is 0.000000596. The zero-order chi connectivity index (χ0) is 19.8. The number of amides is 1. The van der Waals surface area contributed by atoms with Crippen LogP contribution in [0.3, 0.4) is 0 Å². The molecule has 2 aliphatic rings. The van der Waals surface area contributed by atoms with Crippen LogP contribution in [-0.4, -0.2) is 29.9 Å². The third kappa shape index (κ3) is 5.72. The Morgan fingerprint density at radius 1 is 1.15 bits per heavy atom. The molecule has 1 amide bonds. The number of unbranched alkanes of at least 4 members (excludes halogenated alkanes) is 1. The van der Waals surface area contributed by atoms with Gasteiger partial charge in [0.25, 0.3) is 5.91 Å². The normalized spacial score (nSPS) is 19.0. The van der Waals surface area contributed by atoms with Gasteiger partial charge in [-0.1, -0.05) is 57.0 Å². The second kappa shape index (κ2) is 10.3. The minimum Gasteiger partial charge on any atom is -0.391 e. The van der Waals surface area contributed by atoms with Gasteiger partial charge in [0.2, 0.25) is 0 Å². The van der Waals surface area contributed by atoms with Crippen LogP contribution in [0.2, 0.25) is 0 Å². The summed E-state index contributed by atoms with van der Waals surface area (Å²) >= 11 is 0. The number of carbonyl (C=O) groups is 1. The largest absolute Gasteiger partial charge is 0.391 e. The molecule has 0 aromatic heterocycles. The average molecular weight is 369 g/mol. The van der Waals surface area contributed by atoms with Crippen LogP contribution in [-0.2, 0) is 0 Å². The maximum absolute atomic E-state index is 13.1. The second-order valence-corrected chi connectivity index (χ2v) is 7.66. The average Bonchev–Trinajstić information content (AvgIpc) is 3.53. The van der Waals surface area contributed by atoms with Crippen LogP contribution in [0.1, 0.15) is 74.7 Å². The van der Waals surface area contributed by atoms with E-state index in [2.05, 4.69) is 37.6 Å². The van der Waals surface area contributed by atoms with Gasteiger partial charge in [-0.3, -0.25) is 4.79 Å². The van der Waals surface area contributed by atoms with E-state index in [1.165, 1.54) is 29.7 Å². The lowest BCUT2D eigenvalue weighted by molar-refractivity contribution is 0.0643. The highest BCUT2D eigenvalue weighted by molar-refractivity contribution is 5.95. The highest BCUT2D eigenvalue weighted by atomic mass is 16.2. The monoisotopic (exact) mass is 368 g/mol. The molecule has 1 saturated carbocycles. The summed E-state index contributed by atoms with van der Waals surface area (Å²) in [4.78, 5) is 15.2. The van der Waals surface area contributed by atoms with E-state index < -0.39 is 0 Å². The van der Waals surface area contributed by atoms with Gasteiger partial charge in [0.05, 0.1) is 0 Å². The van der Waals surface area contributed by atoms with E-state index in [4.69, 9.17) is 0 Å². The summed E-state index contributed by atoms with van der Waals surface area (Å²) in [7, 11) is 1.97. The Bertz CT molecular complexity index is 653. The lowest BCUT2D eigenvalue weighted by atomic mass is 9.90. The van der Waals surface area contributed by atoms with E-state index >= 15 is 0 Å². The summed E-state index contributed by atoms with van der Waals surface area (Å²) in [6.07, 6.45) is 9.79. The van der Waals surface area contributed by atoms with Crippen molar-refractivity contribution in [3.05, 3.63) is 59.3 Å². The zero-order valence-electron chi connectivity index (χ0n) is 17.6. The van der Waals surface area contributed by atoms with Gasteiger partial charge >= 0.3 is 0 Å². The predicted octanol–water partition coefficient (Wildman–Crippen LogP) is 5.62. The van der Waals surface area contributed by atoms with Gasteiger partial charge in [0.15, 0.2) is 0 Å². The molecule has 1 unspecified atom stereocenters. The van der Waals surface area contributed by atoms with E-state index in [9.17, 15) is 4.79 Å². The summed E-state index contributed by atoms with van der Waals surface area (Å²) in [6, 6.07) is 8.68. The summed E-state index contributed by atoms with van der Waals surface area (Å²) in [6.45, 7) is 10.4. The van der Waals surface area contributed by atoms with Crippen molar-refractivity contribution in [2.45, 2.75) is 77.8 Å². The van der Waals surface area contributed by atoms with Crippen molar-refractivity contribution in [1.82, 2.24) is 10.2 Å². The molecule has 1 atom stereocenters. The second-order valence-electron chi connectivity index (χ2n) is 7.66. The molecule has 0 heterocycles. The molecule has 27 heavy (non-hydrogen) atoms. The van der Waals surface area contributed by atoms with Crippen molar-refractivity contribution < 1.29 is 4.79 Å². The smallest absolute Gasteiger partial charge is 0.254 e. The topological polar surface area (TPSA) is 32.3 Å². The number of rotatable bonds is 6. The predicted molar refractivity (Wildman–Crippen MR) is 115 cm³/mol. The van der Waals surface area contributed by atoms with Gasteiger partial charge in [-0.25, -0.2) is 0 Å². The molecule has 0 bridgehead atoms. The summed E-state index contributed by atoms with van der Waals surface area (Å²) in [5.41, 5.74) is 4.53. The van der Waals surface area contributed by atoms with Crippen molar-refractivity contribution in [3.8, 4) is 0 Å². The SMILES string of the molecule is C=CC1=C(NC)CCC(N(C(=O)c2ccc(C)cc2)C2CC2)C1.CCCC. The number of nitrogens with one attached hydrogen (secondary N) is 1. The summed E-state index contributed by atoms with van der Waals surface area (Å²) in [5.74, 6) is 0.189. The standard InChI is InChI=1S/C20H26N2O.C4H10/c1-4-15-13-18(11-12-19(15)21-3)22(17-9-10-17)20(23)16-7-5-14(2)6-8-16;1-3-4-2/h4-8,17-18,21H,1,9-13H2,2-3H3;3-4H2,1-2H3. The zero-order valence-corrected chi connectivity index (χ0v) is 17.6. The van der Waals surface area contributed by atoms with Crippen molar-refractivity contribution in [3.63, 3.8) is 0 Å². The molecule has 1 fully saturated rings. The highest BCUT2D eigenvalue weighted by Crippen LogP contribution is 2.36. The Hall–Kier alpha value is -2.03. The number of nitrogens with zero attached hydrogens (tertiary/aromatic N) is 1. The minimum atomic E-state index is 0.189. The van der Waals surface area contributed by atoms with Crippen molar-refractivity contribution >= 4 is 5.91 Å². The first kappa shape index (κ1) is 21.3. The number of allylic oxidation sites excluding steroid dienone is 2. The molecule has 3 heteroatoms. The molecular formula is C24H36N2O. The van der Waals surface area contributed by atoms with Crippen LogP contribution in [0, 0.1) is 6.92 Å². The van der Waals surface area contributed by atoms with Gasteiger partial charge in [-0.05, 0) is 56.7 Å². The number of hydrogen-bond donors (Lipinski definition) is 1. The summed E-state index contributed by atoms with van der Waals surface area (Å²) in [5, 5.41) is 3.28. The fraction of sp³-hybridized carbons (Fsp3) is 0.542. The molecule has 0 aliphatic heterocycles. The summed E-state index contributed by atoms with van der Waals surface area (Å²) < 4.78 is 0. The van der Waals surface area contributed by atoms with Gasteiger partial charge < -0.3 is 10.2 Å².